The number of anilines is 1. The molecule has 0 aromatic carbocycles. The Morgan fingerprint density at radius 2 is 2.12 bits per heavy atom. The first kappa shape index (κ1) is 11.5. The Balaban J connectivity index is 2.12. The van der Waals surface area contributed by atoms with Gasteiger partial charge in [-0.2, -0.15) is 0 Å². The van der Waals surface area contributed by atoms with Crippen molar-refractivity contribution in [3.05, 3.63) is 36.9 Å². The zero-order chi connectivity index (χ0) is 11.9. The third-order valence-corrected chi connectivity index (χ3v) is 2.47. The Labute approximate surface area is 101 Å². The average Bonchev–Trinajstić information content (AvgIpc) is 2.41. The molecule has 0 saturated carbocycles. The minimum absolute atomic E-state index is 0.898. The number of nitrogens with one attached hydrogen (secondary N) is 1. The van der Waals surface area contributed by atoms with Crippen molar-refractivity contribution in [2.75, 3.05) is 11.9 Å². The van der Waals surface area contributed by atoms with Crippen LogP contribution in [0.3, 0.4) is 0 Å². The van der Waals surface area contributed by atoms with Crippen molar-refractivity contribution in [3.63, 3.8) is 0 Å². The van der Waals surface area contributed by atoms with Gasteiger partial charge in [0, 0.05) is 24.5 Å². The van der Waals surface area contributed by atoms with Gasteiger partial charge in [0.15, 0.2) is 0 Å². The lowest BCUT2D eigenvalue weighted by atomic mass is 10.2. The van der Waals surface area contributed by atoms with Crippen LogP contribution in [0.2, 0.25) is 0 Å². The van der Waals surface area contributed by atoms with Gasteiger partial charge in [-0.1, -0.05) is 13.3 Å². The number of pyridine rings is 1. The van der Waals surface area contributed by atoms with E-state index in [1.165, 1.54) is 6.42 Å². The highest BCUT2D eigenvalue weighted by Crippen LogP contribution is 2.17. The second kappa shape index (κ2) is 5.94. The molecular weight excluding hydrogens is 212 g/mol. The van der Waals surface area contributed by atoms with E-state index in [2.05, 4.69) is 27.2 Å². The van der Waals surface area contributed by atoms with Gasteiger partial charge in [0.2, 0.25) is 0 Å². The molecule has 17 heavy (non-hydrogen) atoms. The predicted octanol–water partition coefficient (Wildman–Crippen LogP) is 2.75. The van der Waals surface area contributed by atoms with Crippen molar-refractivity contribution < 1.29 is 0 Å². The normalized spacial score (nSPS) is 10.2. The van der Waals surface area contributed by atoms with Crippen LogP contribution in [0, 0.1) is 0 Å². The highest BCUT2D eigenvalue weighted by molar-refractivity contribution is 5.62. The molecule has 0 fully saturated rings. The SMILES string of the molecule is CCCCNc1cc(-c2ccncn2)ccn1. The summed E-state index contributed by atoms with van der Waals surface area (Å²) in [5, 5.41) is 3.30. The maximum absolute atomic E-state index is 4.28. The molecule has 0 bridgehead atoms. The third kappa shape index (κ3) is 3.24. The Morgan fingerprint density at radius 1 is 1.18 bits per heavy atom. The summed E-state index contributed by atoms with van der Waals surface area (Å²) in [4.78, 5) is 12.4. The molecule has 2 rings (SSSR count). The smallest absolute Gasteiger partial charge is 0.126 e. The fraction of sp³-hybridized carbons (Fsp3) is 0.308. The van der Waals surface area contributed by atoms with E-state index in [-0.39, 0.29) is 0 Å². The molecule has 0 aliphatic heterocycles. The highest BCUT2D eigenvalue weighted by atomic mass is 15.0. The Kier molecular flexibility index (Phi) is 4.02. The Hall–Kier alpha value is -1.97. The van der Waals surface area contributed by atoms with Crippen LogP contribution in [0.15, 0.2) is 36.9 Å². The van der Waals surface area contributed by atoms with Crippen LogP contribution in [0.25, 0.3) is 11.3 Å². The van der Waals surface area contributed by atoms with Gasteiger partial charge in [-0.25, -0.2) is 15.0 Å². The van der Waals surface area contributed by atoms with Crippen LogP contribution in [0.1, 0.15) is 19.8 Å². The maximum Gasteiger partial charge on any atom is 0.126 e. The number of hydrogen-bond acceptors (Lipinski definition) is 4. The zero-order valence-corrected chi connectivity index (χ0v) is 9.93. The van der Waals surface area contributed by atoms with E-state index < -0.39 is 0 Å². The van der Waals surface area contributed by atoms with E-state index in [9.17, 15) is 0 Å². The summed E-state index contributed by atoms with van der Waals surface area (Å²) >= 11 is 0. The summed E-state index contributed by atoms with van der Waals surface area (Å²) in [6.07, 6.45) is 7.43. The molecule has 0 saturated heterocycles. The average molecular weight is 228 g/mol. The predicted molar refractivity (Wildman–Crippen MR) is 68.7 cm³/mol. The molecule has 0 spiro atoms. The molecule has 0 unspecified atom stereocenters. The van der Waals surface area contributed by atoms with Crippen molar-refractivity contribution >= 4 is 5.82 Å². The Morgan fingerprint density at radius 3 is 2.88 bits per heavy atom. The molecule has 2 heterocycles. The number of rotatable bonds is 5. The van der Waals surface area contributed by atoms with Gasteiger partial charge >= 0.3 is 0 Å². The van der Waals surface area contributed by atoms with E-state index in [0.717, 1.165) is 30.0 Å². The molecule has 4 heteroatoms. The Bertz CT molecular complexity index is 456. The second-order valence-corrected chi connectivity index (χ2v) is 3.80. The van der Waals surface area contributed by atoms with Crippen LogP contribution >= 0.6 is 0 Å². The summed E-state index contributed by atoms with van der Waals surface area (Å²) in [7, 11) is 0. The van der Waals surface area contributed by atoms with E-state index in [0.29, 0.717) is 0 Å². The lowest BCUT2D eigenvalue weighted by Crippen LogP contribution is -2.02. The third-order valence-electron chi connectivity index (χ3n) is 2.47. The van der Waals surface area contributed by atoms with Crippen LogP contribution < -0.4 is 5.32 Å². The second-order valence-electron chi connectivity index (χ2n) is 3.80. The minimum atomic E-state index is 0.898. The first-order valence-electron chi connectivity index (χ1n) is 5.86. The molecule has 0 radical (unpaired) electrons. The largest absolute Gasteiger partial charge is 0.370 e. The quantitative estimate of drug-likeness (QED) is 0.799. The summed E-state index contributed by atoms with van der Waals surface area (Å²) in [6.45, 7) is 3.13. The molecule has 0 aliphatic rings. The van der Waals surface area contributed by atoms with Crippen molar-refractivity contribution in [3.8, 4) is 11.3 Å². The van der Waals surface area contributed by atoms with E-state index >= 15 is 0 Å². The van der Waals surface area contributed by atoms with Gasteiger partial charge in [-0.3, -0.25) is 0 Å². The fourth-order valence-electron chi connectivity index (χ4n) is 1.54. The van der Waals surface area contributed by atoms with E-state index in [1.54, 1.807) is 18.7 Å². The van der Waals surface area contributed by atoms with E-state index in [4.69, 9.17) is 0 Å². The number of aromatic nitrogens is 3. The summed E-state index contributed by atoms with van der Waals surface area (Å²) in [6, 6.07) is 5.86. The standard InChI is InChI=1S/C13H16N4/c1-2-3-6-15-13-9-11(4-8-16-13)12-5-7-14-10-17-12/h4-5,7-10H,2-3,6H2,1H3,(H,15,16). The van der Waals surface area contributed by atoms with Crippen molar-refractivity contribution in [2.45, 2.75) is 19.8 Å². The van der Waals surface area contributed by atoms with Crippen molar-refractivity contribution in [1.29, 1.82) is 0 Å². The fourth-order valence-corrected chi connectivity index (χ4v) is 1.54. The molecule has 2 aromatic heterocycles. The molecule has 0 aliphatic carbocycles. The number of unbranched alkanes of at least 4 members (excludes halogenated alkanes) is 1. The zero-order valence-electron chi connectivity index (χ0n) is 9.93. The van der Waals surface area contributed by atoms with Crippen LogP contribution in [0.4, 0.5) is 5.82 Å². The molecule has 88 valence electrons. The lowest BCUT2D eigenvalue weighted by Gasteiger charge is -2.06. The van der Waals surface area contributed by atoms with Gasteiger partial charge in [0.25, 0.3) is 0 Å². The number of nitrogens with zero attached hydrogens (tertiary/aromatic N) is 3. The summed E-state index contributed by atoms with van der Waals surface area (Å²) < 4.78 is 0. The maximum atomic E-state index is 4.28. The summed E-state index contributed by atoms with van der Waals surface area (Å²) in [5.41, 5.74) is 1.97. The molecule has 2 aromatic rings. The monoisotopic (exact) mass is 228 g/mol. The first-order valence-corrected chi connectivity index (χ1v) is 5.86. The van der Waals surface area contributed by atoms with Crippen LogP contribution in [0.5, 0.6) is 0 Å². The highest BCUT2D eigenvalue weighted by Gasteiger charge is 2.00. The molecular formula is C13H16N4. The van der Waals surface area contributed by atoms with Crippen molar-refractivity contribution in [1.82, 2.24) is 15.0 Å². The first-order chi connectivity index (χ1) is 8.40. The molecule has 1 N–H and O–H groups in total. The molecule has 4 nitrogen and oxygen atoms in total. The molecule has 0 amide bonds. The summed E-state index contributed by atoms with van der Waals surface area (Å²) in [5.74, 6) is 0.898. The topological polar surface area (TPSA) is 50.7 Å². The number of hydrogen-bond donors (Lipinski definition) is 1. The minimum Gasteiger partial charge on any atom is -0.370 e. The van der Waals surface area contributed by atoms with E-state index in [1.807, 2.05) is 18.2 Å². The van der Waals surface area contributed by atoms with Gasteiger partial charge in [-0.05, 0) is 24.6 Å². The van der Waals surface area contributed by atoms with Gasteiger partial charge in [-0.15, -0.1) is 0 Å². The lowest BCUT2D eigenvalue weighted by molar-refractivity contribution is 0.831. The van der Waals surface area contributed by atoms with Crippen LogP contribution in [-0.4, -0.2) is 21.5 Å². The van der Waals surface area contributed by atoms with Gasteiger partial charge < -0.3 is 5.32 Å². The van der Waals surface area contributed by atoms with Gasteiger partial charge in [0.1, 0.15) is 12.1 Å². The molecule has 0 atom stereocenters. The van der Waals surface area contributed by atoms with Gasteiger partial charge in [0.05, 0.1) is 5.69 Å². The van der Waals surface area contributed by atoms with Crippen molar-refractivity contribution in [2.24, 2.45) is 0 Å². The van der Waals surface area contributed by atoms with Crippen LogP contribution in [-0.2, 0) is 0 Å².